The molecular weight excluding hydrogens is 339 g/mol. The maximum absolute atomic E-state index is 13.8. The van der Waals surface area contributed by atoms with Crippen molar-refractivity contribution in [3.05, 3.63) is 41.7 Å². The fourth-order valence-corrected chi connectivity index (χ4v) is 2.68. The van der Waals surface area contributed by atoms with Crippen LogP contribution < -0.4 is 14.8 Å². The van der Waals surface area contributed by atoms with Crippen LogP contribution in [0.5, 0.6) is 11.5 Å². The summed E-state index contributed by atoms with van der Waals surface area (Å²) >= 11 is 0. The van der Waals surface area contributed by atoms with Crippen molar-refractivity contribution in [1.29, 1.82) is 0 Å². The lowest BCUT2D eigenvalue weighted by atomic mass is 10.3. The Morgan fingerprint density at radius 3 is 2.68 bits per heavy atom. The Balaban J connectivity index is 1.58. The van der Waals surface area contributed by atoms with E-state index < -0.39 is 17.5 Å². The minimum absolute atomic E-state index is 0.118. The quantitative estimate of drug-likeness (QED) is 0.545. The molecule has 0 fully saturated rings. The molecule has 0 radical (unpaired) electrons. The average molecular weight is 347 g/mol. The highest BCUT2D eigenvalue weighted by molar-refractivity contribution is 5.83. The lowest BCUT2D eigenvalue weighted by Gasteiger charge is -2.05. The number of halogens is 3. The topological polar surface area (TPSA) is 76.5 Å². The van der Waals surface area contributed by atoms with Gasteiger partial charge in [-0.05, 0) is 12.1 Å². The summed E-state index contributed by atoms with van der Waals surface area (Å²) < 4.78 is 52.2. The molecule has 1 aliphatic heterocycles. The number of hydrogen-bond donors (Lipinski definition) is 2. The number of anilines is 2. The molecule has 0 atom stereocenters. The van der Waals surface area contributed by atoms with Gasteiger partial charge in [0.05, 0.1) is 16.7 Å². The first-order valence-electron chi connectivity index (χ1n) is 7.18. The molecule has 0 saturated heterocycles. The Kier molecular flexibility index (Phi) is 2.67. The zero-order chi connectivity index (χ0) is 17.1. The van der Waals surface area contributed by atoms with Crippen molar-refractivity contribution < 1.29 is 22.6 Å². The third kappa shape index (κ3) is 2.00. The van der Waals surface area contributed by atoms with Gasteiger partial charge in [-0.1, -0.05) is 0 Å². The van der Waals surface area contributed by atoms with Crippen LogP contribution in [-0.4, -0.2) is 26.4 Å². The largest absolute Gasteiger partial charge is 0.454 e. The number of rotatable bonds is 2. The second-order valence-electron chi connectivity index (χ2n) is 5.36. The summed E-state index contributed by atoms with van der Waals surface area (Å²) in [6.45, 7) is 0.140. The molecule has 2 N–H and O–H groups in total. The van der Waals surface area contributed by atoms with Crippen LogP contribution in [0.25, 0.3) is 16.8 Å². The summed E-state index contributed by atoms with van der Waals surface area (Å²) in [5.41, 5.74) is 1.05. The van der Waals surface area contributed by atoms with E-state index in [1.54, 1.807) is 16.6 Å². The van der Waals surface area contributed by atoms with E-state index in [9.17, 15) is 13.2 Å². The van der Waals surface area contributed by atoms with E-state index in [4.69, 9.17) is 9.47 Å². The van der Waals surface area contributed by atoms with Crippen LogP contribution in [-0.2, 0) is 0 Å². The second kappa shape index (κ2) is 4.79. The van der Waals surface area contributed by atoms with Crippen LogP contribution in [0.15, 0.2) is 24.3 Å². The minimum Gasteiger partial charge on any atom is -0.454 e. The number of hydrogen-bond acceptors (Lipinski definition) is 5. The molecular formula is C15H8F3N5O2. The summed E-state index contributed by atoms with van der Waals surface area (Å²) in [4.78, 5) is 8.49. The predicted octanol–water partition coefficient (Wildman–Crippen LogP) is 3.10. The van der Waals surface area contributed by atoms with E-state index in [1.807, 2.05) is 0 Å². The standard InChI is InChI=1S/C15H8F3N5O2/c16-6-1-2-7(13(18)12(6)17)19-14-21-15-20-8-3-10-11(25-5-24-10)4-9(8)23(15)22-14/h1-4H,5H2,(H2,19,20,21,22). The molecule has 1 aliphatic rings. The van der Waals surface area contributed by atoms with Crippen molar-refractivity contribution in [2.75, 3.05) is 12.1 Å². The molecule has 0 amide bonds. The molecule has 7 nitrogen and oxygen atoms in total. The maximum Gasteiger partial charge on any atom is 0.253 e. The number of aromatic amines is 1. The fraction of sp³-hybridized carbons (Fsp3) is 0.0667. The van der Waals surface area contributed by atoms with Crippen LogP contribution in [0.1, 0.15) is 0 Å². The van der Waals surface area contributed by atoms with Gasteiger partial charge in [-0.25, -0.2) is 22.7 Å². The van der Waals surface area contributed by atoms with Crippen LogP contribution in [0.2, 0.25) is 0 Å². The highest BCUT2D eigenvalue weighted by Gasteiger charge is 2.19. The first kappa shape index (κ1) is 14.0. The number of aromatic nitrogens is 4. The van der Waals surface area contributed by atoms with Crippen molar-refractivity contribution in [3.63, 3.8) is 0 Å². The highest BCUT2D eigenvalue weighted by atomic mass is 19.2. The molecule has 2 aromatic carbocycles. The smallest absolute Gasteiger partial charge is 0.253 e. The summed E-state index contributed by atoms with van der Waals surface area (Å²) in [5, 5.41) is 5.44. The average Bonchev–Trinajstić information content (AvgIpc) is 3.27. The number of benzene rings is 2. The van der Waals surface area contributed by atoms with Crippen molar-refractivity contribution in [3.8, 4) is 11.5 Å². The molecule has 0 unspecified atom stereocenters. The number of fused-ring (bicyclic) bond motifs is 4. The molecule has 10 heteroatoms. The van der Waals surface area contributed by atoms with Crippen molar-refractivity contribution in [2.45, 2.75) is 0 Å². The van der Waals surface area contributed by atoms with Crippen LogP contribution in [0.3, 0.4) is 0 Å². The molecule has 0 aliphatic carbocycles. The Bertz CT molecular complexity index is 1150. The second-order valence-corrected chi connectivity index (χ2v) is 5.36. The first-order valence-corrected chi connectivity index (χ1v) is 7.18. The number of H-pyrrole nitrogens is 1. The van der Waals surface area contributed by atoms with Gasteiger partial charge in [-0.2, -0.15) is 4.98 Å². The zero-order valence-corrected chi connectivity index (χ0v) is 12.3. The van der Waals surface area contributed by atoms with E-state index in [-0.39, 0.29) is 18.4 Å². The molecule has 0 bridgehead atoms. The molecule has 3 heterocycles. The van der Waals surface area contributed by atoms with Gasteiger partial charge in [0, 0.05) is 12.1 Å². The Hall–Kier alpha value is -3.43. The van der Waals surface area contributed by atoms with E-state index in [2.05, 4.69) is 20.4 Å². The van der Waals surface area contributed by atoms with Gasteiger partial charge in [0.25, 0.3) is 5.78 Å². The molecule has 5 rings (SSSR count). The molecule has 2 aromatic heterocycles. The summed E-state index contributed by atoms with van der Waals surface area (Å²) in [6.07, 6.45) is 0. The summed E-state index contributed by atoms with van der Waals surface area (Å²) in [5.74, 6) is -2.56. The van der Waals surface area contributed by atoms with E-state index in [0.29, 0.717) is 28.3 Å². The molecule has 0 spiro atoms. The first-order chi connectivity index (χ1) is 12.1. The number of nitrogens with one attached hydrogen (secondary N) is 2. The minimum atomic E-state index is -1.56. The number of imidazole rings is 1. The van der Waals surface area contributed by atoms with Crippen molar-refractivity contribution >= 4 is 28.4 Å². The van der Waals surface area contributed by atoms with Crippen LogP contribution in [0, 0.1) is 17.5 Å². The van der Waals surface area contributed by atoms with Gasteiger partial charge in [-0.3, -0.25) is 5.10 Å². The Morgan fingerprint density at radius 2 is 1.84 bits per heavy atom. The summed E-state index contributed by atoms with van der Waals surface area (Å²) in [7, 11) is 0. The predicted molar refractivity (Wildman–Crippen MR) is 80.6 cm³/mol. The SMILES string of the molecule is Fc1ccc(Nc2nc3nc4cc5c(cc4n3[nH]2)OCO5)c(F)c1F. The normalized spacial score (nSPS) is 13.1. The van der Waals surface area contributed by atoms with Crippen molar-refractivity contribution in [1.82, 2.24) is 19.6 Å². The number of ether oxygens (including phenoxy) is 2. The lowest BCUT2D eigenvalue weighted by Crippen LogP contribution is -2.00. The summed E-state index contributed by atoms with van der Waals surface area (Å²) in [6, 6.07) is 5.36. The lowest BCUT2D eigenvalue weighted by molar-refractivity contribution is 0.174. The molecule has 25 heavy (non-hydrogen) atoms. The van der Waals surface area contributed by atoms with E-state index >= 15 is 0 Å². The fourth-order valence-electron chi connectivity index (χ4n) is 2.68. The monoisotopic (exact) mass is 347 g/mol. The Labute approximate surface area is 137 Å². The van der Waals surface area contributed by atoms with E-state index in [1.165, 1.54) is 0 Å². The van der Waals surface area contributed by atoms with Gasteiger partial charge < -0.3 is 14.8 Å². The van der Waals surface area contributed by atoms with Crippen LogP contribution >= 0.6 is 0 Å². The maximum atomic E-state index is 13.8. The van der Waals surface area contributed by atoms with Gasteiger partial charge >= 0.3 is 0 Å². The molecule has 4 aromatic rings. The Morgan fingerprint density at radius 1 is 1.04 bits per heavy atom. The van der Waals surface area contributed by atoms with Crippen molar-refractivity contribution in [2.24, 2.45) is 0 Å². The van der Waals surface area contributed by atoms with Gasteiger partial charge in [0.2, 0.25) is 12.7 Å². The van der Waals surface area contributed by atoms with Gasteiger partial charge in [0.1, 0.15) is 0 Å². The van der Waals surface area contributed by atoms with Gasteiger partial charge in [0.15, 0.2) is 29.0 Å². The zero-order valence-electron chi connectivity index (χ0n) is 12.3. The van der Waals surface area contributed by atoms with Crippen LogP contribution in [0.4, 0.5) is 24.8 Å². The third-order valence-corrected chi connectivity index (χ3v) is 3.85. The molecule has 126 valence electrons. The van der Waals surface area contributed by atoms with Gasteiger partial charge in [-0.15, -0.1) is 0 Å². The number of nitrogens with zero attached hydrogens (tertiary/aromatic N) is 3. The van der Waals surface area contributed by atoms with E-state index in [0.717, 1.165) is 12.1 Å². The highest BCUT2D eigenvalue weighted by Crippen LogP contribution is 2.36. The third-order valence-electron chi connectivity index (χ3n) is 3.85. The molecule has 0 saturated carbocycles.